The molecule has 0 atom stereocenters. The summed E-state index contributed by atoms with van der Waals surface area (Å²) >= 11 is 0. The predicted molar refractivity (Wildman–Crippen MR) is 65.1 cm³/mol. The van der Waals surface area contributed by atoms with Crippen LogP contribution in [0.3, 0.4) is 0 Å². The molecule has 8 nitrogen and oxygen atoms in total. The van der Waals surface area contributed by atoms with Gasteiger partial charge in [-0.05, 0) is 13.0 Å². The van der Waals surface area contributed by atoms with Crippen LogP contribution < -0.4 is 5.32 Å². The van der Waals surface area contributed by atoms with Crippen molar-refractivity contribution in [3.63, 3.8) is 0 Å². The quantitative estimate of drug-likeness (QED) is 0.508. The van der Waals surface area contributed by atoms with Crippen molar-refractivity contribution >= 4 is 23.4 Å². The minimum absolute atomic E-state index is 0.00107. The van der Waals surface area contributed by atoms with Crippen LogP contribution in [0.2, 0.25) is 0 Å². The molecule has 0 aromatic heterocycles. The molecule has 19 heavy (non-hydrogen) atoms. The fourth-order valence-corrected chi connectivity index (χ4v) is 1.31. The second kappa shape index (κ2) is 6.34. The Morgan fingerprint density at radius 1 is 1.42 bits per heavy atom. The summed E-state index contributed by atoms with van der Waals surface area (Å²) in [5, 5.41) is 12.9. The summed E-state index contributed by atoms with van der Waals surface area (Å²) in [6, 6.07) is 3.40. The Bertz CT molecular complexity index is 514. The Morgan fingerprint density at radius 3 is 2.63 bits per heavy atom. The first kappa shape index (κ1) is 14.4. The van der Waals surface area contributed by atoms with Crippen LogP contribution in [0, 0.1) is 10.1 Å². The van der Waals surface area contributed by atoms with Gasteiger partial charge in [-0.2, -0.15) is 0 Å². The second-order valence-electron chi connectivity index (χ2n) is 3.32. The third kappa shape index (κ3) is 3.66. The monoisotopic (exact) mass is 268 g/mol. The van der Waals surface area contributed by atoms with E-state index in [4.69, 9.17) is 0 Å². The van der Waals surface area contributed by atoms with Gasteiger partial charge < -0.3 is 9.47 Å². The maximum atomic E-state index is 11.5. The summed E-state index contributed by atoms with van der Waals surface area (Å²) in [6.45, 7) is 1.74. The van der Waals surface area contributed by atoms with Crippen molar-refractivity contribution in [2.75, 3.05) is 19.0 Å². The number of methoxy groups -OCH3 is 1. The molecule has 8 heteroatoms. The molecule has 0 aliphatic heterocycles. The Hall–Kier alpha value is -2.64. The molecule has 0 heterocycles. The van der Waals surface area contributed by atoms with E-state index in [9.17, 15) is 19.7 Å². The molecule has 1 amide bonds. The van der Waals surface area contributed by atoms with Gasteiger partial charge in [0.2, 0.25) is 0 Å². The van der Waals surface area contributed by atoms with Gasteiger partial charge in [-0.1, -0.05) is 0 Å². The number of nitro benzene ring substituents is 1. The molecule has 0 bridgehead atoms. The molecular formula is C11H12N2O6. The maximum Gasteiger partial charge on any atom is 0.411 e. The zero-order chi connectivity index (χ0) is 14.4. The van der Waals surface area contributed by atoms with Crippen molar-refractivity contribution < 1.29 is 24.0 Å². The number of carbonyl (C=O) groups is 2. The summed E-state index contributed by atoms with van der Waals surface area (Å²) in [7, 11) is 1.16. The highest BCUT2D eigenvalue weighted by Crippen LogP contribution is 2.23. The Labute approximate surface area is 108 Å². The normalized spacial score (nSPS) is 9.58. The highest BCUT2D eigenvalue weighted by atomic mass is 16.6. The number of benzene rings is 1. The molecule has 0 radical (unpaired) electrons. The van der Waals surface area contributed by atoms with Crippen molar-refractivity contribution in [1.82, 2.24) is 0 Å². The van der Waals surface area contributed by atoms with Crippen molar-refractivity contribution in [2.45, 2.75) is 6.92 Å². The number of hydrogen-bond donors (Lipinski definition) is 1. The number of rotatable bonds is 4. The molecular weight excluding hydrogens is 256 g/mol. The van der Waals surface area contributed by atoms with Crippen molar-refractivity contribution in [2.24, 2.45) is 0 Å². The molecule has 1 rings (SSSR count). The molecule has 102 valence electrons. The standard InChI is InChI=1S/C11H12N2O6/c1-3-19-11(15)12-9-6-7(13(16)17)4-5-8(9)10(14)18-2/h4-6H,3H2,1-2H3,(H,12,15). The first-order valence-corrected chi connectivity index (χ1v) is 5.30. The summed E-state index contributed by atoms with van der Waals surface area (Å²) < 4.78 is 9.16. The first-order valence-electron chi connectivity index (χ1n) is 5.30. The van der Waals surface area contributed by atoms with Gasteiger partial charge in [0, 0.05) is 12.1 Å². The Balaban J connectivity index is 3.14. The van der Waals surface area contributed by atoms with Crippen LogP contribution in [0.5, 0.6) is 0 Å². The van der Waals surface area contributed by atoms with E-state index in [0.29, 0.717) is 0 Å². The van der Waals surface area contributed by atoms with E-state index in [1.807, 2.05) is 0 Å². The fourth-order valence-electron chi connectivity index (χ4n) is 1.31. The fraction of sp³-hybridized carbons (Fsp3) is 0.273. The SMILES string of the molecule is CCOC(=O)Nc1cc([N+](=O)[O-])ccc1C(=O)OC. The topological polar surface area (TPSA) is 108 Å². The first-order chi connectivity index (χ1) is 8.99. The number of nitrogens with zero attached hydrogens (tertiary/aromatic N) is 1. The van der Waals surface area contributed by atoms with E-state index in [0.717, 1.165) is 19.2 Å². The van der Waals surface area contributed by atoms with Crippen LogP contribution in [0.4, 0.5) is 16.2 Å². The molecule has 0 spiro atoms. The van der Waals surface area contributed by atoms with E-state index in [1.54, 1.807) is 6.92 Å². The summed E-state index contributed by atoms with van der Waals surface area (Å²) in [5.74, 6) is -0.721. The zero-order valence-electron chi connectivity index (χ0n) is 10.3. The van der Waals surface area contributed by atoms with Crippen molar-refractivity contribution in [1.29, 1.82) is 0 Å². The third-order valence-electron chi connectivity index (χ3n) is 2.13. The predicted octanol–water partition coefficient (Wildman–Crippen LogP) is 1.95. The van der Waals surface area contributed by atoms with E-state index in [1.165, 1.54) is 6.07 Å². The highest BCUT2D eigenvalue weighted by Gasteiger charge is 2.18. The number of amides is 1. The summed E-state index contributed by atoms with van der Waals surface area (Å²) in [6.07, 6.45) is -0.812. The van der Waals surface area contributed by atoms with Crippen LogP contribution in [0.1, 0.15) is 17.3 Å². The van der Waals surface area contributed by atoms with Crippen LogP contribution >= 0.6 is 0 Å². The average Bonchev–Trinajstić information content (AvgIpc) is 2.37. The molecule has 0 unspecified atom stereocenters. The smallest absolute Gasteiger partial charge is 0.411 e. The lowest BCUT2D eigenvalue weighted by Crippen LogP contribution is -2.16. The van der Waals surface area contributed by atoms with Crippen LogP contribution in [0.25, 0.3) is 0 Å². The van der Waals surface area contributed by atoms with Gasteiger partial charge in [0.15, 0.2) is 0 Å². The molecule has 1 aromatic carbocycles. The lowest BCUT2D eigenvalue weighted by Gasteiger charge is -2.09. The van der Waals surface area contributed by atoms with Gasteiger partial charge in [0.05, 0.1) is 29.9 Å². The van der Waals surface area contributed by atoms with Gasteiger partial charge in [-0.25, -0.2) is 9.59 Å². The van der Waals surface area contributed by atoms with Crippen LogP contribution in [0.15, 0.2) is 18.2 Å². The van der Waals surface area contributed by atoms with Crippen LogP contribution in [-0.2, 0) is 9.47 Å². The molecule has 1 N–H and O–H groups in total. The second-order valence-corrected chi connectivity index (χ2v) is 3.32. The summed E-state index contributed by atoms with van der Waals surface area (Å²) in [5.41, 5.74) is -0.305. The van der Waals surface area contributed by atoms with Crippen LogP contribution in [-0.4, -0.2) is 30.7 Å². The van der Waals surface area contributed by atoms with Crippen molar-refractivity contribution in [3.05, 3.63) is 33.9 Å². The van der Waals surface area contributed by atoms with E-state index in [-0.39, 0.29) is 23.5 Å². The largest absolute Gasteiger partial charge is 0.465 e. The lowest BCUT2D eigenvalue weighted by molar-refractivity contribution is -0.384. The number of non-ortho nitro benzene ring substituents is 1. The van der Waals surface area contributed by atoms with E-state index < -0.39 is 17.0 Å². The van der Waals surface area contributed by atoms with Gasteiger partial charge in [-0.15, -0.1) is 0 Å². The van der Waals surface area contributed by atoms with Gasteiger partial charge in [-0.3, -0.25) is 15.4 Å². The minimum Gasteiger partial charge on any atom is -0.465 e. The number of anilines is 1. The number of hydrogen-bond acceptors (Lipinski definition) is 6. The molecule has 0 aliphatic carbocycles. The molecule has 0 saturated heterocycles. The zero-order valence-corrected chi connectivity index (χ0v) is 10.3. The number of esters is 1. The third-order valence-corrected chi connectivity index (χ3v) is 2.13. The number of carbonyl (C=O) groups excluding carboxylic acids is 2. The maximum absolute atomic E-state index is 11.5. The molecule has 0 fully saturated rings. The molecule has 0 aliphatic rings. The van der Waals surface area contributed by atoms with Gasteiger partial charge in [0.1, 0.15) is 0 Å². The van der Waals surface area contributed by atoms with E-state index >= 15 is 0 Å². The summed E-state index contributed by atoms with van der Waals surface area (Å²) in [4.78, 5) is 32.8. The minimum atomic E-state index is -0.812. The Morgan fingerprint density at radius 2 is 2.11 bits per heavy atom. The number of nitro groups is 1. The van der Waals surface area contributed by atoms with Gasteiger partial charge >= 0.3 is 12.1 Å². The molecule has 0 saturated carbocycles. The highest BCUT2D eigenvalue weighted by molar-refractivity contribution is 6.00. The molecule has 1 aromatic rings. The number of ether oxygens (including phenoxy) is 2. The average molecular weight is 268 g/mol. The van der Waals surface area contributed by atoms with E-state index in [2.05, 4.69) is 14.8 Å². The lowest BCUT2D eigenvalue weighted by atomic mass is 10.1. The van der Waals surface area contributed by atoms with Gasteiger partial charge in [0.25, 0.3) is 5.69 Å². The number of nitrogens with one attached hydrogen (secondary N) is 1. The Kier molecular flexibility index (Phi) is 4.81. The van der Waals surface area contributed by atoms with Crippen molar-refractivity contribution in [3.8, 4) is 0 Å².